The van der Waals surface area contributed by atoms with Crippen molar-refractivity contribution in [2.24, 2.45) is 11.8 Å². The highest BCUT2D eigenvalue weighted by atomic mass is 16.6. The van der Waals surface area contributed by atoms with Crippen LogP contribution in [0.1, 0.15) is 44.1 Å². The summed E-state index contributed by atoms with van der Waals surface area (Å²) in [5.41, 5.74) is 1.01. The number of rotatable bonds is 4. The maximum absolute atomic E-state index is 12.5. The van der Waals surface area contributed by atoms with Gasteiger partial charge in [0, 0.05) is 23.9 Å². The van der Waals surface area contributed by atoms with E-state index in [9.17, 15) is 9.59 Å². The molecule has 2 atom stereocenters. The third-order valence-electron chi connectivity index (χ3n) is 5.53. The summed E-state index contributed by atoms with van der Waals surface area (Å²) in [5.74, 6) is 0.966. The molecule has 4 nitrogen and oxygen atoms in total. The summed E-state index contributed by atoms with van der Waals surface area (Å²) in [6, 6.07) is 10.2. The number of ether oxygens (including phenoxy) is 1. The quantitative estimate of drug-likeness (QED) is 0.854. The number of Topliss-reactive ketones (excluding diaryl/α,β-unsaturated/α-hetero) is 1. The Hall–Kier alpha value is -1.84. The first-order valence-electron chi connectivity index (χ1n) is 8.75. The molecule has 2 aliphatic heterocycles. The van der Waals surface area contributed by atoms with Crippen LogP contribution in [0.15, 0.2) is 30.3 Å². The zero-order valence-corrected chi connectivity index (χ0v) is 13.3. The van der Waals surface area contributed by atoms with E-state index in [4.69, 9.17) is 4.74 Å². The molecular formula is C19H23NO3. The Morgan fingerprint density at radius 1 is 0.957 bits per heavy atom. The first-order chi connectivity index (χ1) is 11.2. The van der Waals surface area contributed by atoms with Gasteiger partial charge in [-0.3, -0.25) is 4.79 Å². The molecule has 1 amide bonds. The molecule has 1 aliphatic carbocycles. The molecule has 1 aromatic carbocycles. The van der Waals surface area contributed by atoms with Crippen molar-refractivity contribution in [3.05, 3.63) is 35.9 Å². The van der Waals surface area contributed by atoms with Gasteiger partial charge in [0.05, 0.1) is 0 Å². The lowest BCUT2D eigenvalue weighted by Crippen LogP contribution is -2.48. The molecule has 2 bridgehead atoms. The van der Waals surface area contributed by atoms with Crippen LogP contribution in [-0.4, -0.2) is 28.9 Å². The molecule has 0 N–H and O–H groups in total. The Balaban J connectivity index is 1.36. The lowest BCUT2D eigenvalue weighted by molar-refractivity contribution is -0.126. The fourth-order valence-corrected chi connectivity index (χ4v) is 4.20. The molecule has 23 heavy (non-hydrogen) atoms. The van der Waals surface area contributed by atoms with Crippen molar-refractivity contribution in [1.82, 2.24) is 4.90 Å². The van der Waals surface area contributed by atoms with Gasteiger partial charge in [0.15, 0.2) is 0 Å². The van der Waals surface area contributed by atoms with Crippen LogP contribution < -0.4 is 0 Å². The van der Waals surface area contributed by atoms with Gasteiger partial charge in [0.2, 0.25) is 0 Å². The van der Waals surface area contributed by atoms with Crippen LogP contribution in [0, 0.1) is 11.8 Å². The van der Waals surface area contributed by atoms with Gasteiger partial charge in [-0.25, -0.2) is 4.79 Å². The van der Waals surface area contributed by atoms with Crippen LogP contribution in [0.2, 0.25) is 0 Å². The maximum Gasteiger partial charge on any atom is 0.410 e. The highest BCUT2D eigenvalue weighted by molar-refractivity contribution is 5.86. The molecule has 0 radical (unpaired) electrons. The number of piperidine rings is 1. The summed E-state index contributed by atoms with van der Waals surface area (Å²) in [4.78, 5) is 26.7. The molecule has 0 aromatic heterocycles. The van der Waals surface area contributed by atoms with Crippen LogP contribution in [0.3, 0.4) is 0 Å². The number of nitrogens with zero attached hydrogens (tertiary/aromatic N) is 1. The Morgan fingerprint density at radius 3 is 2.22 bits per heavy atom. The van der Waals surface area contributed by atoms with Gasteiger partial charge in [-0.15, -0.1) is 0 Å². The van der Waals surface area contributed by atoms with Crippen molar-refractivity contribution in [3.63, 3.8) is 0 Å². The number of amides is 1. The standard InChI is InChI=1S/C19H23NO3/c21-18(14-6-7-14)15-10-16-8-9-17(11-15)20(16)19(22)23-12-13-4-2-1-3-5-13/h1-5,14-17H,6-12H2. The molecule has 1 aromatic rings. The molecule has 0 spiro atoms. The molecule has 122 valence electrons. The molecule has 4 rings (SSSR count). The van der Waals surface area contributed by atoms with Crippen LogP contribution in [0.5, 0.6) is 0 Å². The molecule has 1 saturated carbocycles. The number of hydrogen-bond donors (Lipinski definition) is 0. The van der Waals surface area contributed by atoms with E-state index < -0.39 is 0 Å². The van der Waals surface area contributed by atoms with Crippen molar-refractivity contribution in [2.45, 2.75) is 57.2 Å². The van der Waals surface area contributed by atoms with Gasteiger partial charge >= 0.3 is 6.09 Å². The normalized spacial score (nSPS) is 29.4. The Bertz CT molecular complexity index is 582. The van der Waals surface area contributed by atoms with Gasteiger partial charge in [-0.1, -0.05) is 30.3 Å². The molecule has 2 saturated heterocycles. The minimum Gasteiger partial charge on any atom is -0.445 e. The molecule has 4 heteroatoms. The van der Waals surface area contributed by atoms with E-state index in [1.54, 1.807) is 0 Å². The second kappa shape index (κ2) is 5.99. The predicted molar refractivity (Wildman–Crippen MR) is 85.7 cm³/mol. The van der Waals surface area contributed by atoms with Gasteiger partial charge in [-0.2, -0.15) is 0 Å². The highest BCUT2D eigenvalue weighted by Gasteiger charge is 2.47. The summed E-state index contributed by atoms with van der Waals surface area (Å²) >= 11 is 0. The fraction of sp³-hybridized carbons (Fsp3) is 0.579. The van der Waals surface area contributed by atoms with Gasteiger partial charge in [0.1, 0.15) is 12.4 Å². The topological polar surface area (TPSA) is 46.6 Å². The van der Waals surface area contributed by atoms with Crippen LogP contribution in [-0.2, 0) is 16.1 Å². The second-order valence-electron chi connectivity index (χ2n) is 7.18. The average Bonchev–Trinajstić information content (AvgIpc) is 3.39. The summed E-state index contributed by atoms with van der Waals surface area (Å²) in [5, 5.41) is 0. The summed E-state index contributed by atoms with van der Waals surface area (Å²) in [6.07, 6.45) is 5.65. The van der Waals surface area contributed by atoms with Crippen molar-refractivity contribution in [1.29, 1.82) is 0 Å². The van der Waals surface area contributed by atoms with E-state index in [2.05, 4.69) is 0 Å². The SMILES string of the molecule is O=C(C1CC1)C1CC2CCC(C1)N2C(=O)OCc1ccccc1. The molecule has 3 fully saturated rings. The summed E-state index contributed by atoms with van der Waals surface area (Å²) in [6.45, 7) is 0.319. The number of fused-ring (bicyclic) bond motifs is 2. The average molecular weight is 313 g/mol. The van der Waals surface area contributed by atoms with Crippen molar-refractivity contribution >= 4 is 11.9 Å². The zero-order chi connectivity index (χ0) is 15.8. The summed E-state index contributed by atoms with van der Waals surface area (Å²) in [7, 11) is 0. The maximum atomic E-state index is 12.5. The van der Waals surface area contributed by atoms with E-state index in [1.807, 2.05) is 35.2 Å². The second-order valence-corrected chi connectivity index (χ2v) is 7.18. The molecule has 2 heterocycles. The summed E-state index contributed by atoms with van der Waals surface area (Å²) < 4.78 is 5.51. The molecular weight excluding hydrogens is 290 g/mol. The van der Waals surface area contributed by atoms with Crippen LogP contribution >= 0.6 is 0 Å². The Labute approximate surface area is 136 Å². The van der Waals surface area contributed by atoms with E-state index in [1.165, 1.54) is 0 Å². The minimum atomic E-state index is -0.210. The molecule has 3 aliphatic rings. The first kappa shape index (κ1) is 14.7. The minimum absolute atomic E-state index is 0.179. The number of carbonyl (C=O) groups excluding carboxylic acids is 2. The van der Waals surface area contributed by atoms with E-state index in [-0.39, 0.29) is 24.1 Å². The number of ketones is 1. The third kappa shape index (κ3) is 2.99. The Kier molecular flexibility index (Phi) is 3.83. The van der Waals surface area contributed by atoms with E-state index in [0.717, 1.165) is 44.1 Å². The van der Waals surface area contributed by atoms with Crippen molar-refractivity contribution < 1.29 is 14.3 Å². The first-order valence-corrected chi connectivity index (χ1v) is 8.75. The van der Waals surface area contributed by atoms with Gasteiger partial charge in [-0.05, 0) is 44.1 Å². The third-order valence-corrected chi connectivity index (χ3v) is 5.53. The van der Waals surface area contributed by atoms with Crippen molar-refractivity contribution in [2.75, 3.05) is 0 Å². The lowest BCUT2D eigenvalue weighted by Gasteiger charge is -2.37. The van der Waals surface area contributed by atoms with Crippen LogP contribution in [0.4, 0.5) is 4.79 Å². The fourth-order valence-electron chi connectivity index (χ4n) is 4.20. The zero-order valence-electron chi connectivity index (χ0n) is 13.3. The molecule has 2 unspecified atom stereocenters. The van der Waals surface area contributed by atoms with E-state index in [0.29, 0.717) is 18.3 Å². The smallest absolute Gasteiger partial charge is 0.410 e. The predicted octanol–water partition coefficient (Wildman–Crippen LogP) is 3.55. The Morgan fingerprint density at radius 2 is 1.61 bits per heavy atom. The number of carbonyl (C=O) groups is 2. The van der Waals surface area contributed by atoms with Gasteiger partial charge < -0.3 is 9.64 Å². The lowest BCUT2D eigenvalue weighted by atomic mass is 9.86. The van der Waals surface area contributed by atoms with E-state index >= 15 is 0 Å². The van der Waals surface area contributed by atoms with Gasteiger partial charge in [0.25, 0.3) is 0 Å². The number of hydrogen-bond acceptors (Lipinski definition) is 3. The number of benzene rings is 1. The van der Waals surface area contributed by atoms with Crippen LogP contribution in [0.25, 0.3) is 0 Å². The monoisotopic (exact) mass is 313 g/mol. The highest BCUT2D eigenvalue weighted by Crippen LogP contribution is 2.43. The largest absolute Gasteiger partial charge is 0.445 e. The van der Waals surface area contributed by atoms with Crippen molar-refractivity contribution in [3.8, 4) is 0 Å².